The quantitative estimate of drug-likeness (QED) is 0.399. The number of nitrogens with zero attached hydrogens (tertiary/aromatic N) is 2. The van der Waals surface area contributed by atoms with Gasteiger partial charge in [0.15, 0.2) is 5.79 Å². The third-order valence-corrected chi connectivity index (χ3v) is 12.6. The molecule has 2 aromatic carbocycles. The van der Waals surface area contributed by atoms with Gasteiger partial charge in [-0.1, -0.05) is 81.4 Å². The van der Waals surface area contributed by atoms with E-state index in [1.165, 1.54) is 0 Å². The molecule has 0 saturated carbocycles. The molecule has 2 aliphatic heterocycles. The standard InChI is InChI=1S/C30H36F3N3O4Si/c1-28(2,3)41(20-12-8-6-9-13-20,21-14-10-7-11-15-21)38-19-23-26-25(39-29(4,5)40-26)22(18-37-23)35-27-34-17-16-24(36-27)30(31,32)33/h6-17,22-23,25-26H,18-19H2,1-5H3,(H,34,35,36)/t22-,23+,25+,26-/m0/s1. The van der Waals surface area contributed by atoms with E-state index in [1.54, 1.807) is 0 Å². The fourth-order valence-corrected chi connectivity index (χ4v) is 10.4. The van der Waals surface area contributed by atoms with Gasteiger partial charge in [0.05, 0.1) is 19.3 Å². The van der Waals surface area contributed by atoms with E-state index in [1.807, 2.05) is 50.2 Å². The number of anilines is 1. The molecule has 0 unspecified atom stereocenters. The first kappa shape index (κ1) is 29.7. The Morgan fingerprint density at radius 2 is 1.51 bits per heavy atom. The van der Waals surface area contributed by atoms with Crippen LogP contribution in [-0.2, 0) is 24.8 Å². The highest BCUT2D eigenvalue weighted by Gasteiger charge is 2.55. The Morgan fingerprint density at radius 1 is 0.927 bits per heavy atom. The van der Waals surface area contributed by atoms with Crippen LogP contribution in [0.5, 0.6) is 0 Å². The van der Waals surface area contributed by atoms with Gasteiger partial charge in [-0.15, -0.1) is 0 Å². The van der Waals surface area contributed by atoms with Gasteiger partial charge in [0.2, 0.25) is 5.95 Å². The zero-order chi connectivity index (χ0) is 29.5. The van der Waals surface area contributed by atoms with Crippen molar-refractivity contribution in [2.75, 3.05) is 18.5 Å². The molecule has 2 aliphatic rings. The van der Waals surface area contributed by atoms with Crippen molar-refractivity contribution in [1.29, 1.82) is 0 Å². The smallest absolute Gasteiger partial charge is 0.405 e. The first-order valence-corrected chi connectivity index (χ1v) is 15.6. The lowest BCUT2D eigenvalue weighted by Gasteiger charge is -2.45. The number of aromatic nitrogens is 2. The van der Waals surface area contributed by atoms with Crippen LogP contribution in [0, 0.1) is 0 Å². The number of ether oxygens (including phenoxy) is 3. The minimum atomic E-state index is -4.58. The molecule has 1 aromatic heterocycles. The van der Waals surface area contributed by atoms with E-state index in [2.05, 4.69) is 60.3 Å². The topological polar surface area (TPSA) is 74.7 Å². The maximum absolute atomic E-state index is 13.2. The lowest BCUT2D eigenvalue weighted by atomic mass is 9.98. The van der Waals surface area contributed by atoms with Crippen molar-refractivity contribution in [1.82, 2.24) is 9.97 Å². The van der Waals surface area contributed by atoms with Crippen LogP contribution < -0.4 is 15.7 Å². The highest BCUT2D eigenvalue weighted by molar-refractivity contribution is 6.99. The van der Waals surface area contributed by atoms with Gasteiger partial charge >= 0.3 is 6.18 Å². The molecule has 0 radical (unpaired) electrons. The summed E-state index contributed by atoms with van der Waals surface area (Å²) in [5.41, 5.74) is -1.02. The second-order valence-corrected chi connectivity index (χ2v) is 16.2. The van der Waals surface area contributed by atoms with Crippen molar-refractivity contribution in [3.8, 4) is 0 Å². The summed E-state index contributed by atoms with van der Waals surface area (Å²) in [4.78, 5) is 7.64. The number of alkyl halides is 3. The van der Waals surface area contributed by atoms with Gasteiger partial charge in [0.1, 0.15) is 24.0 Å². The average molecular weight is 588 g/mol. The van der Waals surface area contributed by atoms with Crippen molar-refractivity contribution in [2.45, 2.75) is 76.0 Å². The number of benzene rings is 2. The molecule has 7 nitrogen and oxygen atoms in total. The second kappa shape index (κ2) is 11.1. The van der Waals surface area contributed by atoms with E-state index < -0.39 is 50.3 Å². The van der Waals surface area contributed by atoms with E-state index in [0.717, 1.165) is 22.6 Å². The molecule has 2 saturated heterocycles. The monoisotopic (exact) mass is 587 g/mol. The fourth-order valence-electron chi connectivity index (χ4n) is 5.82. The van der Waals surface area contributed by atoms with Crippen molar-refractivity contribution < 1.29 is 31.8 Å². The van der Waals surface area contributed by atoms with Crippen molar-refractivity contribution in [3.05, 3.63) is 78.6 Å². The summed E-state index contributed by atoms with van der Waals surface area (Å²) in [7, 11) is -2.83. The van der Waals surface area contributed by atoms with Crippen molar-refractivity contribution in [3.63, 3.8) is 0 Å². The molecular formula is C30H36F3N3O4Si. The molecule has 0 aliphatic carbocycles. The van der Waals surface area contributed by atoms with E-state index in [9.17, 15) is 13.2 Å². The number of hydrogen-bond acceptors (Lipinski definition) is 7. The molecule has 5 rings (SSSR count). The predicted octanol–water partition coefficient (Wildman–Crippen LogP) is 4.77. The highest BCUT2D eigenvalue weighted by Crippen LogP contribution is 2.40. The molecule has 220 valence electrons. The van der Waals surface area contributed by atoms with Gasteiger partial charge in [-0.3, -0.25) is 0 Å². The maximum Gasteiger partial charge on any atom is 0.433 e. The summed E-state index contributed by atoms with van der Waals surface area (Å²) in [6.45, 7) is 10.6. The Hall–Kier alpha value is -2.83. The van der Waals surface area contributed by atoms with Crippen LogP contribution in [0.25, 0.3) is 0 Å². The van der Waals surface area contributed by atoms with Crippen LogP contribution in [0.15, 0.2) is 72.9 Å². The van der Waals surface area contributed by atoms with Crippen LogP contribution in [-0.4, -0.2) is 61.6 Å². The Balaban J connectivity index is 1.41. The molecule has 0 amide bonds. The van der Waals surface area contributed by atoms with Crippen molar-refractivity contribution >= 4 is 24.6 Å². The summed E-state index contributed by atoms with van der Waals surface area (Å²) >= 11 is 0. The number of rotatable bonds is 7. The summed E-state index contributed by atoms with van der Waals surface area (Å²) in [5.74, 6) is -1.07. The van der Waals surface area contributed by atoms with Crippen LogP contribution >= 0.6 is 0 Å². The number of fused-ring (bicyclic) bond motifs is 1. The number of nitrogens with one attached hydrogen (secondary N) is 1. The van der Waals surface area contributed by atoms with E-state index in [0.29, 0.717) is 0 Å². The highest BCUT2D eigenvalue weighted by atomic mass is 28.4. The zero-order valence-corrected chi connectivity index (χ0v) is 24.8. The minimum absolute atomic E-state index is 0.148. The van der Waals surface area contributed by atoms with E-state index in [-0.39, 0.29) is 24.2 Å². The molecule has 3 aromatic rings. The van der Waals surface area contributed by atoms with Gasteiger partial charge in [0, 0.05) is 6.20 Å². The number of hydrogen-bond donors (Lipinski definition) is 1. The Morgan fingerprint density at radius 3 is 2.07 bits per heavy atom. The van der Waals surface area contributed by atoms with Crippen LogP contribution in [0.2, 0.25) is 5.04 Å². The summed E-state index contributed by atoms with van der Waals surface area (Å²) in [6.07, 6.45) is -5.02. The third kappa shape index (κ3) is 6.05. The molecule has 0 bridgehead atoms. The number of halogens is 3. The molecule has 41 heavy (non-hydrogen) atoms. The Kier molecular flexibility index (Phi) is 8.03. The first-order chi connectivity index (χ1) is 19.3. The SMILES string of the molecule is CC1(C)O[C@@H]2[C@H](O1)[C@@H](Nc1nccc(C(F)(F)F)n1)CO[C@@H]2CO[Si](c1ccccc1)(c1ccccc1)C(C)(C)C. The van der Waals surface area contributed by atoms with Gasteiger partial charge < -0.3 is 24.0 Å². The third-order valence-electron chi connectivity index (χ3n) is 7.56. The van der Waals surface area contributed by atoms with Crippen LogP contribution in [0.1, 0.15) is 40.3 Å². The minimum Gasteiger partial charge on any atom is -0.405 e. The maximum atomic E-state index is 13.2. The summed E-state index contributed by atoms with van der Waals surface area (Å²) in [6, 6.07) is 20.9. The molecule has 0 spiro atoms. The summed E-state index contributed by atoms with van der Waals surface area (Å²) < 4.78 is 65.6. The second-order valence-electron chi connectivity index (χ2n) is 11.9. The molecule has 11 heteroatoms. The Bertz CT molecular complexity index is 1280. The normalized spacial score (nSPS) is 24.6. The van der Waals surface area contributed by atoms with E-state index >= 15 is 0 Å². The Labute approximate surface area is 239 Å². The van der Waals surface area contributed by atoms with E-state index in [4.69, 9.17) is 18.6 Å². The van der Waals surface area contributed by atoms with Crippen LogP contribution in [0.4, 0.5) is 19.1 Å². The van der Waals surface area contributed by atoms with Gasteiger partial charge in [-0.2, -0.15) is 13.2 Å². The largest absolute Gasteiger partial charge is 0.433 e. The van der Waals surface area contributed by atoms with Crippen molar-refractivity contribution in [2.24, 2.45) is 0 Å². The summed E-state index contributed by atoms with van der Waals surface area (Å²) in [5, 5.41) is 5.06. The molecule has 3 heterocycles. The lowest BCUT2D eigenvalue weighted by molar-refractivity contribution is -0.156. The van der Waals surface area contributed by atoms with Gasteiger partial charge in [-0.25, -0.2) is 9.97 Å². The predicted molar refractivity (Wildman–Crippen MR) is 152 cm³/mol. The molecule has 1 N–H and O–H groups in total. The fraction of sp³-hybridized carbons (Fsp3) is 0.467. The zero-order valence-electron chi connectivity index (χ0n) is 23.8. The lowest BCUT2D eigenvalue weighted by Crippen LogP contribution is -2.68. The van der Waals surface area contributed by atoms with Crippen LogP contribution in [0.3, 0.4) is 0 Å². The van der Waals surface area contributed by atoms with Gasteiger partial charge in [0.25, 0.3) is 8.32 Å². The average Bonchev–Trinajstić information content (AvgIpc) is 3.26. The molecular weight excluding hydrogens is 551 g/mol. The van der Waals surface area contributed by atoms with Gasteiger partial charge in [-0.05, 0) is 35.3 Å². The molecule has 2 fully saturated rings. The molecule has 4 atom stereocenters. The first-order valence-electron chi connectivity index (χ1n) is 13.7.